The van der Waals surface area contributed by atoms with E-state index >= 15 is 0 Å². The molecule has 0 spiro atoms. The molecule has 4 heteroatoms. The Bertz CT molecular complexity index is 2280. The maximum atomic E-state index is 6.49. The Morgan fingerprint density at radius 3 is 2.00 bits per heavy atom. The van der Waals surface area contributed by atoms with Gasteiger partial charge in [-0.2, -0.15) is 0 Å². The first-order chi connectivity index (χ1) is 21.6. The van der Waals surface area contributed by atoms with Crippen molar-refractivity contribution >= 4 is 10.8 Å². The fourth-order valence-electron chi connectivity index (χ4n) is 6.99. The minimum Gasteiger partial charge on any atom is -0.456 e. The largest absolute Gasteiger partial charge is 0.456 e. The summed E-state index contributed by atoms with van der Waals surface area (Å²) in [4.78, 5) is 15.3. The average molecular weight is 566 g/mol. The Morgan fingerprint density at radius 2 is 1.14 bits per heavy atom. The number of aromatic nitrogens is 3. The van der Waals surface area contributed by atoms with Crippen LogP contribution in [0.2, 0.25) is 0 Å². The molecule has 0 saturated heterocycles. The summed E-state index contributed by atoms with van der Waals surface area (Å²) < 4.78 is 6.49. The lowest BCUT2D eigenvalue weighted by Gasteiger charge is -2.22. The maximum absolute atomic E-state index is 6.49. The van der Waals surface area contributed by atoms with Gasteiger partial charge in [0.2, 0.25) is 0 Å². The number of ether oxygens (including phenoxy) is 1. The lowest BCUT2D eigenvalue weighted by atomic mass is 9.82. The molecule has 0 bridgehead atoms. The summed E-state index contributed by atoms with van der Waals surface area (Å²) in [7, 11) is 0. The minimum atomic E-state index is -0.116. The van der Waals surface area contributed by atoms with E-state index in [-0.39, 0.29) is 5.41 Å². The van der Waals surface area contributed by atoms with Crippen molar-refractivity contribution in [2.24, 2.45) is 0 Å². The smallest absolute Gasteiger partial charge is 0.164 e. The Morgan fingerprint density at radius 1 is 0.477 bits per heavy atom. The van der Waals surface area contributed by atoms with Crippen molar-refractivity contribution in [3.8, 4) is 67.9 Å². The van der Waals surface area contributed by atoms with Crippen molar-refractivity contribution in [3.05, 3.63) is 139 Å². The van der Waals surface area contributed by atoms with Crippen LogP contribution < -0.4 is 4.74 Å². The second-order valence-corrected chi connectivity index (χ2v) is 12.0. The molecule has 1 aliphatic carbocycles. The van der Waals surface area contributed by atoms with Gasteiger partial charge in [-0.1, -0.05) is 123 Å². The number of fused-ring (bicyclic) bond motifs is 5. The SMILES string of the molecule is CC1(C)c2ccccc2-c2c(-c3nc(-c4ccccc4)nc(-c4ccc5c(c4)Oc4cccc6cccc-5c46)n3)cccc21. The van der Waals surface area contributed by atoms with Gasteiger partial charge < -0.3 is 4.74 Å². The van der Waals surface area contributed by atoms with Gasteiger partial charge in [0, 0.05) is 33.1 Å². The lowest BCUT2D eigenvalue weighted by molar-refractivity contribution is 0.487. The first kappa shape index (κ1) is 24.9. The first-order valence-electron chi connectivity index (χ1n) is 15.0. The molecule has 0 saturated carbocycles. The molecule has 0 N–H and O–H groups in total. The van der Waals surface area contributed by atoms with Crippen molar-refractivity contribution in [2.45, 2.75) is 19.3 Å². The molecule has 7 aromatic rings. The molecule has 4 nitrogen and oxygen atoms in total. The molecule has 9 rings (SSSR count). The zero-order valence-corrected chi connectivity index (χ0v) is 24.4. The van der Waals surface area contributed by atoms with Crippen LogP contribution in [0.3, 0.4) is 0 Å². The Kier molecular flexibility index (Phi) is 5.21. The van der Waals surface area contributed by atoms with Crippen LogP contribution in [0.4, 0.5) is 0 Å². The summed E-state index contributed by atoms with van der Waals surface area (Å²) in [5.41, 5.74) is 10.0. The van der Waals surface area contributed by atoms with Gasteiger partial charge in [-0.25, -0.2) is 15.0 Å². The first-order valence-corrected chi connectivity index (χ1v) is 15.0. The highest BCUT2D eigenvalue weighted by Gasteiger charge is 2.37. The Hall–Kier alpha value is -5.61. The van der Waals surface area contributed by atoms with Gasteiger partial charge in [0.05, 0.1) is 0 Å². The molecule has 1 aromatic heterocycles. The number of hydrogen-bond donors (Lipinski definition) is 0. The minimum absolute atomic E-state index is 0.116. The monoisotopic (exact) mass is 565 g/mol. The van der Waals surface area contributed by atoms with Gasteiger partial charge in [0.15, 0.2) is 17.5 Å². The zero-order chi connectivity index (χ0) is 29.4. The van der Waals surface area contributed by atoms with E-state index in [2.05, 4.69) is 98.8 Å². The predicted octanol–water partition coefficient (Wildman–Crippen LogP) is 10.1. The van der Waals surface area contributed by atoms with Crippen LogP contribution in [0.5, 0.6) is 11.5 Å². The predicted molar refractivity (Wildman–Crippen MR) is 177 cm³/mol. The summed E-state index contributed by atoms with van der Waals surface area (Å²) in [6.07, 6.45) is 0. The topological polar surface area (TPSA) is 47.9 Å². The molecule has 6 aromatic carbocycles. The van der Waals surface area contributed by atoms with Gasteiger partial charge in [-0.05, 0) is 51.4 Å². The van der Waals surface area contributed by atoms with Gasteiger partial charge >= 0.3 is 0 Å². The standard InChI is InChI=1S/C40H27N3O/c1-40(2)31-18-7-6-15-29(31)36-30(17-10-19-32(36)40)39-42-37(25-11-4-3-5-12-25)41-38(43-39)26-21-22-27-28-16-8-13-24-14-9-20-33(35(24)28)44-34(27)23-26/h3-23H,1-2H3. The van der Waals surface area contributed by atoms with Crippen molar-refractivity contribution in [1.29, 1.82) is 0 Å². The van der Waals surface area contributed by atoms with E-state index in [0.717, 1.165) is 39.1 Å². The van der Waals surface area contributed by atoms with Crippen LogP contribution in [-0.4, -0.2) is 15.0 Å². The number of hydrogen-bond acceptors (Lipinski definition) is 4. The fourth-order valence-corrected chi connectivity index (χ4v) is 6.99. The molecule has 1 aliphatic heterocycles. The molecule has 0 unspecified atom stereocenters. The zero-order valence-electron chi connectivity index (χ0n) is 24.4. The van der Waals surface area contributed by atoms with Gasteiger partial charge in [0.1, 0.15) is 11.5 Å². The molecule has 0 radical (unpaired) electrons. The van der Waals surface area contributed by atoms with Gasteiger partial charge in [-0.15, -0.1) is 0 Å². The summed E-state index contributed by atoms with van der Waals surface area (Å²) in [6, 6.07) is 44.2. The normalized spacial score (nSPS) is 13.6. The summed E-state index contributed by atoms with van der Waals surface area (Å²) in [5.74, 6) is 3.58. The molecular formula is C40H27N3O. The summed E-state index contributed by atoms with van der Waals surface area (Å²) in [5, 5.41) is 2.31. The molecule has 0 amide bonds. The van der Waals surface area contributed by atoms with Crippen LogP contribution in [0.1, 0.15) is 25.0 Å². The second-order valence-electron chi connectivity index (χ2n) is 12.0. The lowest BCUT2D eigenvalue weighted by Crippen LogP contribution is -2.14. The quantitative estimate of drug-likeness (QED) is 0.214. The Labute approximate surface area is 255 Å². The number of nitrogens with zero attached hydrogens (tertiary/aromatic N) is 3. The number of benzene rings is 6. The maximum Gasteiger partial charge on any atom is 0.164 e. The van der Waals surface area contributed by atoms with Crippen molar-refractivity contribution < 1.29 is 4.74 Å². The van der Waals surface area contributed by atoms with E-state index in [9.17, 15) is 0 Å². The third-order valence-electron chi connectivity index (χ3n) is 9.13. The van der Waals surface area contributed by atoms with Crippen LogP contribution in [0.25, 0.3) is 67.2 Å². The molecule has 0 fully saturated rings. The third-order valence-corrected chi connectivity index (χ3v) is 9.13. The van der Waals surface area contributed by atoms with Crippen LogP contribution >= 0.6 is 0 Å². The van der Waals surface area contributed by atoms with Crippen molar-refractivity contribution in [1.82, 2.24) is 15.0 Å². The molecular weight excluding hydrogens is 538 g/mol. The molecule has 2 heterocycles. The summed E-state index contributed by atoms with van der Waals surface area (Å²) in [6.45, 7) is 4.59. The van der Waals surface area contributed by atoms with E-state index in [4.69, 9.17) is 19.7 Å². The van der Waals surface area contributed by atoms with Crippen LogP contribution in [0, 0.1) is 0 Å². The van der Waals surface area contributed by atoms with Crippen LogP contribution in [-0.2, 0) is 5.41 Å². The highest BCUT2D eigenvalue weighted by Crippen LogP contribution is 2.52. The average Bonchev–Trinajstić information content (AvgIpc) is 3.31. The highest BCUT2D eigenvalue weighted by atomic mass is 16.5. The fraction of sp³-hybridized carbons (Fsp3) is 0.0750. The molecule has 208 valence electrons. The number of rotatable bonds is 3. The van der Waals surface area contributed by atoms with E-state index in [1.54, 1.807) is 0 Å². The van der Waals surface area contributed by atoms with Crippen LogP contribution in [0.15, 0.2) is 127 Å². The van der Waals surface area contributed by atoms with E-state index in [0.29, 0.717) is 17.5 Å². The van der Waals surface area contributed by atoms with Crippen molar-refractivity contribution in [3.63, 3.8) is 0 Å². The highest BCUT2D eigenvalue weighted by molar-refractivity contribution is 6.04. The van der Waals surface area contributed by atoms with E-state index < -0.39 is 0 Å². The van der Waals surface area contributed by atoms with E-state index in [1.807, 2.05) is 42.5 Å². The van der Waals surface area contributed by atoms with E-state index in [1.165, 1.54) is 33.2 Å². The molecule has 2 aliphatic rings. The van der Waals surface area contributed by atoms with Gasteiger partial charge in [-0.3, -0.25) is 0 Å². The second kappa shape index (κ2) is 9.19. The van der Waals surface area contributed by atoms with Crippen molar-refractivity contribution in [2.75, 3.05) is 0 Å². The summed E-state index contributed by atoms with van der Waals surface area (Å²) >= 11 is 0. The Balaban J connectivity index is 1.25. The molecule has 44 heavy (non-hydrogen) atoms. The van der Waals surface area contributed by atoms with Gasteiger partial charge in [0.25, 0.3) is 0 Å². The molecule has 0 atom stereocenters. The third kappa shape index (κ3) is 3.61.